The van der Waals surface area contributed by atoms with Gasteiger partial charge in [0.15, 0.2) is 11.6 Å². The van der Waals surface area contributed by atoms with Crippen LogP contribution >= 0.6 is 0 Å². The maximum Gasteiger partial charge on any atom is 0.422 e. The van der Waals surface area contributed by atoms with Crippen molar-refractivity contribution in [1.82, 2.24) is 0 Å². The molecule has 1 fully saturated rings. The zero-order chi connectivity index (χ0) is 57.9. The Morgan fingerprint density at radius 3 is 1.95 bits per heavy atom. The highest BCUT2D eigenvalue weighted by atomic mass is 19.4. The van der Waals surface area contributed by atoms with Crippen LogP contribution in [-0.4, -0.2) is 80.7 Å². The van der Waals surface area contributed by atoms with Crippen LogP contribution in [0.3, 0.4) is 0 Å². The highest BCUT2D eigenvalue weighted by Gasteiger charge is 2.38. The number of unbranched alkanes of at least 4 members (excludes halogenated alkanes) is 2. The number of carbonyl (C=O) groups excluding carboxylic acids is 6. The van der Waals surface area contributed by atoms with Gasteiger partial charge in [-0.2, -0.15) is 18.3 Å². The van der Waals surface area contributed by atoms with E-state index >= 15 is 4.39 Å². The second-order valence-electron chi connectivity index (χ2n) is 18.7. The summed E-state index contributed by atoms with van der Waals surface area (Å²) in [6, 6.07) is 34.0. The smallest absolute Gasteiger partial charge is 0.422 e. The van der Waals surface area contributed by atoms with Crippen molar-refractivity contribution in [2.24, 2.45) is 11.0 Å². The van der Waals surface area contributed by atoms with Crippen molar-refractivity contribution in [2.75, 3.05) is 31.4 Å². The maximum absolute atomic E-state index is 16.9. The van der Waals surface area contributed by atoms with Crippen LogP contribution in [0, 0.1) is 11.7 Å². The molecule has 0 spiro atoms. The quantitative estimate of drug-likeness (QED) is 0.00771. The predicted molar refractivity (Wildman–Crippen MR) is 292 cm³/mol. The van der Waals surface area contributed by atoms with Gasteiger partial charge in [0.1, 0.15) is 35.5 Å². The topological polar surface area (TPSA) is 183 Å². The number of hydrazone groups is 1. The second-order valence-corrected chi connectivity index (χ2v) is 18.7. The Balaban J connectivity index is 1.01. The average Bonchev–Trinajstić information content (AvgIpc) is 3.58. The fraction of sp³-hybridized carbons (Fsp3) is 0.274. The number of alkyl halides is 3. The number of hydrogen-bond donors (Lipinski definition) is 0. The summed E-state index contributed by atoms with van der Waals surface area (Å²) in [5.74, 6) is -7.14. The first-order chi connectivity index (χ1) is 39.0. The third-order valence-corrected chi connectivity index (χ3v) is 12.9. The summed E-state index contributed by atoms with van der Waals surface area (Å²) in [6.45, 7) is 7.96. The van der Waals surface area contributed by atoms with E-state index in [2.05, 4.69) is 29.9 Å². The minimum Gasteiger partial charge on any atom is -0.494 e. The van der Waals surface area contributed by atoms with Gasteiger partial charge in [0.05, 0.1) is 59.8 Å². The third-order valence-electron chi connectivity index (χ3n) is 12.9. The molecule has 422 valence electrons. The third kappa shape index (κ3) is 17.2. The van der Waals surface area contributed by atoms with Crippen LogP contribution < -0.4 is 24.0 Å². The van der Waals surface area contributed by atoms with E-state index in [-0.39, 0.29) is 61.0 Å². The molecule has 1 saturated carbocycles. The van der Waals surface area contributed by atoms with Crippen LogP contribution in [0.5, 0.6) is 23.0 Å². The first-order valence-corrected chi connectivity index (χ1v) is 26.1. The van der Waals surface area contributed by atoms with E-state index in [1.807, 2.05) is 48.5 Å². The number of benzene rings is 6. The molecule has 0 amide bonds. The van der Waals surface area contributed by atoms with Crippen LogP contribution in [0.1, 0.15) is 100 Å². The Morgan fingerprint density at radius 1 is 0.667 bits per heavy atom. The molecule has 19 heteroatoms. The van der Waals surface area contributed by atoms with Gasteiger partial charge in [-0.3, -0.25) is 9.80 Å². The molecular weight excluding hydrogens is 1060 g/mol. The fourth-order valence-corrected chi connectivity index (χ4v) is 8.30. The van der Waals surface area contributed by atoms with Crippen LogP contribution in [-0.2, 0) is 35.0 Å². The molecule has 0 saturated heterocycles. The lowest BCUT2D eigenvalue weighted by atomic mass is 9.87. The first-order valence-electron chi connectivity index (χ1n) is 26.1. The molecule has 0 aromatic heterocycles. The van der Waals surface area contributed by atoms with E-state index in [1.165, 1.54) is 59.6 Å². The molecule has 0 N–H and O–H groups in total. The molecule has 1 aliphatic rings. The number of fused-ring (bicyclic) bond motifs is 1. The number of nitrogens with zero attached hydrogens (tertiary/aromatic N) is 2. The predicted octanol–water partition coefficient (Wildman–Crippen LogP) is 12.5. The summed E-state index contributed by atoms with van der Waals surface area (Å²) in [5.41, 5.74) is 0.257. The number of aryl methyl sites for hydroxylation is 1. The Hall–Kier alpha value is -9.13. The number of halogens is 4. The van der Waals surface area contributed by atoms with Crippen LogP contribution in [0.4, 0.5) is 23.2 Å². The minimum absolute atomic E-state index is 0.0111. The van der Waals surface area contributed by atoms with Crippen molar-refractivity contribution in [3.63, 3.8) is 0 Å². The van der Waals surface area contributed by atoms with Gasteiger partial charge in [0.2, 0.25) is 0 Å². The lowest BCUT2D eigenvalue weighted by Crippen LogP contribution is -2.30. The molecule has 0 atom stereocenters. The molecule has 1 aliphatic carbocycles. The Morgan fingerprint density at radius 2 is 1.28 bits per heavy atom. The van der Waals surface area contributed by atoms with Crippen molar-refractivity contribution in [2.45, 2.75) is 77.0 Å². The minimum atomic E-state index is -4.88. The van der Waals surface area contributed by atoms with E-state index < -0.39 is 71.2 Å². The standard InChI is InChI=1S/C62H58F4N2O13/c1-4-6-11-41-14-16-43(17-15-41)58(71)78-50-30-23-46(24-31-50)61(74)81-54-33-32-53(52(56(54)63)39-67-68(34-37-76-55(69)5-2)48-25-18-42-12-7-8-13-47(42)38-48)80-60(73)45-21-28-51(29-22-45)79-59(72)44-19-26-49(27-20-44)75-35-9-10-36-77-57(70)40(3)62(64,65)66/h5,7-8,12-22,25-29,32-33,38-39,46,50H,2-4,6,9-11,23-24,30-31,34-37H2,1H3/b67-39+. The largest absolute Gasteiger partial charge is 0.494 e. The van der Waals surface area contributed by atoms with E-state index in [4.69, 9.17) is 28.4 Å². The lowest BCUT2D eigenvalue weighted by molar-refractivity contribution is -0.151. The van der Waals surface area contributed by atoms with Crippen LogP contribution in [0.15, 0.2) is 157 Å². The highest BCUT2D eigenvalue weighted by molar-refractivity contribution is 5.95. The molecule has 7 rings (SSSR count). The average molecular weight is 1120 g/mol. The number of esters is 6. The number of ether oxygens (including phenoxy) is 7. The zero-order valence-corrected chi connectivity index (χ0v) is 44.3. The second kappa shape index (κ2) is 28.7. The summed E-state index contributed by atoms with van der Waals surface area (Å²) in [7, 11) is 0. The summed E-state index contributed by atoms with van der Waals surface area (Å²) < 4.78 is 92.8. The summed E-state index contributed by atoms with van der Waals surface area (Å²) in [6.07, 6.45) is 1.78. The fourth-order valence-electron chi connectivity index (χ4n) is 8.30. The van der Waals surface area contributed by atoms with E-state index in [9.17, 15) is 41.9 Å². The van der Waals surface area contributed by atoms with Crippen LogP contribution in [0.2, 0.25) is 0 Å². The van der Waals surface area contributed by atoms with E-state index in [0.717, 1.165) is 54.0 Å². The molecule has 0 heterocycles. The van der Waals surface area contributed by atoms with Gasteiger partial charge in [0.25, 0.3) is 0 Å². The SMILES string of the molecule is C=CC(=O)OCCN(/N=C/c1c(OC(=O)c2ccc(OC(=O)c3ccc(OCCCCOC(=O)C(=C)C(F)(F)F)cc3)cc2)ccc(OC(=O)C2CCC(OC(=O)c3ccc(CCCC)cc3)CC2)c1F)c1ccc2ccccc2c1. The van der Waals surface area contributed by atoms with Crippen molar-refractivity contribution in [3.05, 3.63) is 186 Å². The van der Waals surface area contributed by atoms with Gasteiger partial charge < -0.3 is 33.2 Å². The molecule has 6 aromatic carbocycles. The van der Waals surface area contributed by atoms with E-state index in [0.29, 0.717) is 49.1 Å². The molecule has 15 nitrogen and oxygen atoms in total. The Bertz CT molecular complexity index is 3240. The molecule has 81 heavy (non-hydrogen) atoms. The monoisotopic (exact) mass is 1110 g/mol. The van der Waals surface area contributed by atoms with Crippen molar-refractivity contribution in [1.29, 1.82) is 0 Å². The van der Waals surface area contributed by atoms with Gasteiger partial charge in [-0.1, -0.05) is 69.0 Å². The lowest BCUT2D eigenvalue weighted by Gasteiger charge is -2.27. The Labute approximate surface area is 464 Å². The molecule has 0 radical (unpaired) electrons. The molecular formula is C62H58F4N2O13. The molecule has 6 aromatic rings. The van der Waals surface area contributed by atoms with Crippen molar-refractivity contribution in [3.8, 4) is 23.0 Å². The van der Waals surface area contributed by atoms with Gasteiger partial charge in [-0.25, -0.2) is 28.4 Å². The molecule has 0 unspecified atom stereocenters. The van der Waals surface area contributed by atoms with Gasteiger partial charge in [-0.05, 0) is 153 Å². The maximum atomic E-state index is 16.9. The van der Waals surface area contributed by atoms with Gasteiger partial charge >= 0.3 is 42.0 Å². The number of rotatable bonds is 25. The van der Waals surface area contributed by atoms with E-state index in [1.54, 1.807) is 18.2 Å². The van der Waals surface area contributed by atoms with Crippen LogP contribution in [0.25, 0.3) is 10.8 Å². The van der Waals surface area contributed by atoms with Gasteiger partial charge in [0, 0.05) is 6.08 Å². The summed E-state index contributed by atoms with van der Waals surface area (Å²) in [5, 5.41) is 7.79. The zero-order valence-electron chi connectivity index (χ0n) is 44.3. The highest BCUT2D eigenvalue weighted by Crippen LogP contribution is 2.34. The van der Waals surface area contributed by atoms with Crippen molar-refractivity contribution >= 4 is 58.5 Å². The number of anilines is 1. The van der Waals surface area contributed by atoms with Gasteiger partial charge in [-0.15, -0.1) is 0 Å². The summed E-state index contributed by atoms with van der Waals surface area (Å²) >= 11 is 0. The van der Waals surface area contributed by atoms with Crippen molar-refractivity contribution < 1.29 is 79.5 Å². The molecule has 0 aliphatic heterocycles. The summed E-state index contributed by atoms with van der Waals surface area (Å²) in [4.78, 5) is 76.8. The number of hydrogen-bond acceptors (Lipinski definition) is 15. The Kier molecular flexibility index (Phi) is 21.1. The normalized spacial score (nSPS) is 14.1. The number of carbonyl (C=O) groups is 6. The first kappa shape index (κ1) is 59.5. The molecule has 0 bridgehead atoms.